The van der Waals surface area contributed by atoms with Gasteiger partial charge in [0.05, 0.1) is 0 Å². The summed E-state index contributed by atoms with van der Waals surface area (Å²) in [5, 5.41) is 11.0. The van der Waals surface area contributed by atoms with Gasteiger partial charge in [-0.1, -0.05) is 0 Å². The van der Waals surface area contributed by atoms with Gasteiger partial charge in [0.15, 0.2) is 49.2 Å². The summed E-state index contributed by atoms with van der Waals surface area (Å²) in [7, 11) is 0. The monoisotopic (exact) mass is 636 g/mol. The Kier molecular flexibility index (Phi) is 13.4. The average molecular weight is 637 g/mol. The van der Waals surface area contributed by atoms with Crippen LogP contribution in [0.3, 0.4) is 0 Å². The molecule has 0 amide bonds. The number of rotatable bonds is 11. The summed E-state index contributed by atoms with van der Waals surface area (Å²) in [6.45, 7) is 6.19. The van der Waals surface area contributed by atoms with E-state index in [0.29, 0.717) is 0 Å². The van der Waals surface area contributed by atoms with Gasteiger partial charge in [-0.15, -0.1) is 0 Å². The van der Waals surface area contributed by atoms with Crippen LogP contribution >= 0.6 is 0 Å². The zero-order valence-corrected chi connectivity index (χ0v) is 25.1. The smallest absolute Gasteiger partial charge is 0.303 e. The average Bonchev–Trinajstić information content (AvgIpc) is 2.87. The number of carbonyl (C=O) groups excluding carboxylic acids is 7. The lowest BCUT2D eigenvalue weighted by atomic mass is 9.96. The Morgan fingerprint density at radius 3 is 1.20 bits per heavy atom. The fourth-order valence-electron chi connectivity index (χ4n) is 4.49. The van der Waals surface area contributed by atoms with Crippen molar-refractivity contribution in [1.29, 1.82) is 0 Å². The molecule has 0 aromatic rings. The predicted molar refractivity (Wildman–Crippen MR) is 135 cm³/mol. The minimum atomic E-state index is -1.99. The van der Waals surface area contributed by atoms with Gasteiger partial charge in [-0.2, -0.15) is 0 Å². The van der Waals surface area contributed by atoms with Gasteiger partial charge in [0.25, 0.3) is 0 Å². The standard InChI is InChI=1S/C26H36O18/c1-10(27)35-8-17-19(37-12(3)29)21(39-14(5)31)23(25(34)42-17)44-26-24(41-16(7)33)22(40-15(6)32)20(38-13(4)30)18(43-26)9-36-11(2)28/h17-26,34H,8-9H2,1-7H3/t17-,18+,19-,20-,21+,22+,23-,24-,25-,26+/m1/s1. The molecule has 10 atom stereocenters. The largest absolute Gasteiger partial charge is 0.463 e. The molecule has 2 aliphatic rings. The van der Waals surface area contributed by atoms with Crippen LogP contribution in [0.5, 0.6) is 0 Å². The zero-order valence-electron chi connectivity index (χ0n) is 25.1. The van der Waals surface area contributed by atoms with Crippen molar-refractivity contribution in [2.45, 2.75) is 110 Å². The molecule has 2 rings (SSSR count). The molecule has 0 saturated carbocycles. The van der Waals surface area contributed by atoms with Crippen LogP contribution in [0, 0.1) is 0 Å². The van der Waals surface area contributed by atoms with Crippen LogP contribution in [-0.4, -0.2) is 122 Å². The molecule has 0 aromatic carbocycles. The second-order valence-corrected chi connectivity index (χ2v) is 9.68. The summed E-state index contributed by atoms with van der Waals surface area (Å²) in [5.74, 6) is -5.97. The van der Waals surface area contributed by atoms with Crippen LogP contribution < -0.4 is 0 Å². The van der Waals surface area contributed by atoms with Crippen LogP contribution in [0.25, 0.3) is 0 Å². The van der Waals surface area contributed by atoms with Gasteiger partial charge in [0, 0.05) is 48.5 Å². The normalized spacial score (nSPS) is 31.5. The summed E-state index contributed by atoms with van der Waals surface area (Å²) >= 11 is 0. The van der Waals surface area contributed by atoms with E-state index in [1.807, 2.05) is 0 Å². The molecule has 2 saturated heterocycles. The fraction of sp³-hybridized carbons (Fsp3) is 0.731. The third kappa shape index (κ3) is 10.7. The molecular formula is C26H36O18. The highest BCUT2D eigenvalue weighted by molar-refractivity contribution is 5.69. The molecule has 1 N–H and O–H groups in total. The highest BCUT2D eigenvalue weighted by atomic mass is 16.8. The van der Waals surface area contributed by atoms with Crippen molar-refractivity contribution in [3.05, 3.63) is 0 Å². The fourth-order valence-corrected chi connectivity index (χ4v) is 4.49. The molecule has 0 radical (unpaired) electrons. The SMILES string of the molecule is CC(=O)OC[C@@H]1O[C@@H](O[C@@H]2[C@@H](OC(C)=O)[C@H](OC(C)=O)[C@@H](COC(C)=O)O[C@H]2O)[C@H](OC(C)=O)[C@@H](OC(C)=O)[C@@H]1OC(C)=O. The van der Waals surface area contributed by atoms with Gasteiger partial charge in [-0.05, 0) is 0 Å². The molecular weight excluding hydrogens is 600 g/mol. The summed E-state index contributed by atoms with van der Waals surface area (Å²) in [6.07, 6.45) is -16.3. The van der Waals surface area contributed by atoms with Crippen LogP contribution in [0.2, 0.25) is 0 Å². The van der Waals surface area contributed by atoms with Crippen LogP contribution in [0.1, 0.15) is 48.5 Å². The number of aliphatic hydroxyl groups excluding tert-OH is 1. The first-order valence-corrected chi connectivity index (χ1v) is 13.3. The Balaban J connectivity index is 2.59. The van der Waals surface area contributed by atoms with Gasteiger partial charge in [-0.25, -0.2) is 0 Å². The van der Waals surface area contributed by atoms with Gasteiger partial charge < -0.3 is 52.5 Å². The lowest BCUT2D eigenvalue weighted by Gasteiger charge is -2.47. The summed E-state index contributed by atoms with van der Waals surface area (Å²) < 4.78 is 53.9. The van der Waals surface area contributed by atoms with Crippen molar-refractivity contribution in [2.24, 2.45) is 0 Å². The summed E-state index contributed by atoms with van der Waals surface area (Å²) in [4.78, 5) is 83.3. The lowest BCUT2D eigenvalue weighted by Crippen LogP contribution is -2.67. The third-order valence-electron chi connectivity index (χ3n) is 5.90. The van der Waals surface area contributed by atoms with E-state index in [1.165, 1.54) is 0 Å². The van der Waals surface area contributed by atoms with Crippen molar-refractivity contribution in [3.63, 3.8) is 0 Å². The van der Waals surface area contributed by atoms with Gasteiger partial charge in [0.1, 0.15) is 25.4 Å². The second-order valence-electron chi connectivity index (χ2n) is 9.68. The van der Waals surface area contributed by atoms with Crippen molar-refractivity contribution in [2.75, 3.05) is 13.2 Å². The number of esters is 7. The first-order valence-electron chi connectivity index (χ1n) is 13.3. The molecule has 0 spiro atoms. The van der Waals surface area contributed by atoms with Crippen molar-refractivity contribution in [3.8, 4) is 0 Å². The van der Waals surface area contributed by atoms with E-state index in [0.717, 1.165) is 48.5 Å². The van der Waals surface area contributed by atoms with Crippen molar-refractivity contribution in [1.82, 2.24) is 0 Å². The van der Waals surface area contributed by atoms with Crippen LogP contribution in [0.4, 0.5) is 0 Å². The van der Waals surface area contributed by atoms with Crippen molar-refractivity contribution >= 4 is 41.8 Å². The summed E-state index contributed by atoms with van der Waals surface area (Å²) in [6, 6.07) is 0. The number of carbonyl (C=O) groups is 7. The number of hydrogen-bond acceptors (Lipinski definition) is 18. The molecule has 0 aromatic heterocycles. The highest BCUT2D eigenvalue weighted by Crippen LogP contribution is 2.34. The maximum absolute atomic E-state index is 12.1. The van der Waals surface area contributed by atoms with E-state index in [2.05, 4.69) is 0 Å². The first kappa shape index (κ1) is 36.3. The number of aliphatic hydroxyl groups is 1. The molecule has 0 unspecified atom stereocenters. The Morgan fingerprint density at radius 2 is 0.818 bits per heavy atom. The lowest BCUT2D eigenvalue weighted by molar-refractivity contribution is -0.363. The second kappa shape index (κ2) is 16.3. The van der Waals surface area contributed by atoms with Gasteiger partial charge in [-0.3, -0.25) is 33.6 Å². The molecule has 2 fully saturated rings. The number of hydrogen-bond donors (Lipinski definition) is 1. The minimum absolute atomic E-state index is 0.534. The Labute approximate surface area is 251 Å². The van der Waals surface area contributed by atoms with E-state index >= 15 is 0 Å². The van der Waals surface area contributed by atoms with Gasteiger partial charge >= 0.3 is 41.8 Å². The highest BCUT2D eigenvalue weighted by Gasteiger charge is 2.57. The molecule has 18 nitrogen and oxygen atoms in total. The van der Waals surface area contributed by atoms with Crippen molar-refractivity contribution < 1.29 is 86.0 Å². The predicted octanol–water partition coefficient (Wildman–Crippen LogP) is -1.40. The van der Waals surface area contributed by atoms with E-state index in [9.17, 15) is 38.7 Å². The molecule has 248 valence electrons. The van der Waals surface area contributed by atoms with Crippen LogP contribution in [-0.2, 0) is 80.9 Å². The summed E-state index contributed by atoms with van der Waals surface area (Å²) in [5.41, 5.74) is 0. The molecule has 44 heavy (non-hydrogen) atoms. The first-order chi connectivity index (χ1) is 20.5. The molecule has 0 aliphatic carbocycles. The molecule has 18 heteroatoms. The Bertz CT molecular complexity index is 1090. The topological polar surface area (TPSA) is 232 Å². The quantitative estimate of drug-likeness (QED) is 0.203. The van der Waals surface area contributed by atoms with Crippen LogP contribution in [0.15, 0.2) is 0 Å². The maximum atomic E-state index is 12.1. The molecule has 2 aliphatic heterocycles. The Hall–Kier alpha value is -3.87. The Morgan fingerprint density at radius 1 is 0.477 bits per heavy atom. The maximum Gasteiger partial charge on any atom is 0.303 e. The van der Waals surface area contributed by atoms with E-state index in [-0.39, 0.29) is 0 Å². The van der Waals surface area contributed by atoms with E-state index in [4.69, 9.17) is 47.4 Å². The minimum Gasteiger partial charge on any atom is -0.463 e. The third-order valence-corrected chi connectivity index (χ3v) is 5.90. The van der Waals surface area contributed by atoms with Gasteiger partial charge in [0.2, 0.25) is 0 Å². The molecule has 2 heterocycles. The molecule has 0 bridgehead atoms. The number of ether oxygens (including phenoxy) is 10. The van der Waals surface area contributed by atoms with E-state index < -0.39 is 116 Å². The van der Waals surface area contributed by atoms with E-state index in [1.54, 1.807) is 0 Å². The zero-order chi connectivity index (χ0) is 33.3.